The molecule has 0 saturated heterocycles. The van der Waals surface area contributed by atoms with Crippen LogP contribution in [0.3, 0.4) is 0 Å². The van der Waals surface area contributed by atoms with E-state index in [0.29, 0.717) is 35.0 Å². The molecule has 1 aliphatic heterocycles. The maximum absolute atomic E-state index is 15.1. The highest BCUT2D eigenvalue weighted by Gasteiger charge is 2.44. The van der Waals surface area contributed by atoms with E-state index in [9.17, 15) is 0 Å². The van der Waals surface area contributed by atoms with Gasteiger partial charge in [0.25, 0.3) is 0 Å². The monoisotopic (exact) mass is 524 g/mol. The molecule has 5 rings (SSSR count). The van der Waals surface area contributed by atoms with Gasteiger partial charge in [0.1, 0.15) is 11.7 Å². The van der Waals surface area contributed by atoms with Crippen molar-refractivity contribution in [2.75, 3.05) is 7.05 Å². The molecule has 0 amide bonds. The lowest BCUT2D eigenvalue weighted by molar-refractivity contribution is 0.0527. The Morgan fingerprint density at radius 1 is 1.08 bits per heavy atom. The van der Waals surface area contributed by atoms with Crippen LogP contribution in [-0.4, -0.2) is 33.4 Å². The lowest BCUT2D eigenvalue weighted by Crippen LogP contribution is -2.40. The van der Waals surface area contributed by atoms with Gasteiger partial charge < -0.3 is 9.19 Å². The van der Waals surface area contributed by atoms with E-state index in [1.165, 1.54) is 12.5 Å². The van der Waals surface area contributed by atoms with Crippen LogP contribution in [0.15, 0.2) is 59.6 Å². The average Bonchev–Trinajstić information content (AvgIpc) is 3.19. The van der Waals surface area contributed by atoms with Gasteiger partial charge in [-0.3, -0.25) is 0 Å². The highest BCUT2D eigenvalue weighted by molar-refractivity contribution is 8.15. The van der Waals surface area contributed by atoms with E-state index in [1.54, 1.807) is 12.1 Å². The van der Waals surface area contributed by atoms with E-state index in [-0.39, 0.29) is 11.9 Å². The number of para-hydroxylation sites is 1. The zero-order valence-electron chi connectivity index (χ0n) is 21.6. The summed E-state index contributed by atoms with van der Waals surface area (Å²) in [6.07, 6.45) is 0.491. The van der Waals surface area contributed by atoms with Crippen LogP contribution in [0.4, 0.5) is 10.2 Å². The van der Waals surface area contributed by atoms with Gasteiger partial charge in [0, 0.05) is 7.05 Å². The number of amidine groups is 1. The second-order valence-electron chi connectivity index (χ2n) is 10.4. The van der Waals surface area contributed by atoms with E-state index in [1.807, 2.05) is 59.7 Å². The van der Waals surface area contributed by atoms with Gasteiger partial charge in [0.2, 0.25) is 0 Å². The van der Waals surface area contributed by atoms with Gasteiger partial charge in [-0.25, -0.2) is 14.1 Å². The Hall–Kier alpha value is -2.34. The molecule has 3 aromatic rings. The predicted octanol–water partition coefficient (Wildman–Crippen LogP) is 6.76. The Morgan fingerprint density at radius 3 is 2.47 bits per heavy atom. The number of aryl methyl sites for hydroxylation is 1. The second kappa shape index (κ2) is 9.85. The summed E-state index contributed by atoms with van der Waals surface area (Å²) in [4.78, 5) is 5.00. The van der Waals surface area contributed by atoms with Crippen molar-refractivity contribution in [3.63, 3.8) is 0 Å². The van der Waals surface area contributed by atoms with E-state index in [4.69, 9.17) is 26.4 Å². The first-order valence-electron chi connectivity index (χ1n) is 12.7. The molecule has 5 nitrogen and oxygen atoms in total. The molecular weight excluding hydrogens is 490 g/mol. The summed E-state index contributed by atoms with van der Waals surface area (Å²) in [5, 5.41) is 5.74. The average molecular weight is 525 g/mol. The fraction of sp³-hybridized carbons (Fsp3) is 0.429. The Morgan fingerprint density at radius 2 is 1.78 bits per heavy atom. The molecule has 0 N–H and O–H groups in total. The first-order valence-corrected chi connectivity index (χ1v) is 15.4. The molecule has 0 radical (unpaired) electrons. The molecule has 4 atom stereocenters. The molecule has 8 heteroatoms. The number of hydrogen-bond acceptors (Lipinski definition) is 4. The smallest absolute Gasteiger partial charge is 0.192 e. The summed E-state index contributed by atoms with van der Waals surface area (Å²) < 4.78 is 26.0. The van der Waals surface area contributed by atoms with Gasteiger partial charge in [-0.15, -0.1) is 0 Å². The van der Waals surface area contributed by atoms with Crippen LogP contribution >= 0.6 is 6.42 Å². The number of benzene rings is 2. The number of hydrogen-bond donors (Lipinski definition) is 0. The van der Waals surface area contributed by atoms with Gasteiger partial charge in [0.15, 0.2) is 12.2 Å². The molecule has 190 valence electrons. The van der Waals surface area contributed by atoms with Crippen molar-refractivity contribution in [1.29, 1.82) is 0 Å². The van der Waals surface area contributed by atoms with Crippen LogP contribution in [0.5, 0.6) is 0 Å². The Kier molecular flexibility index (Phi) is 6.92. The van der Waals surface area contributed by atoms with Crippen molar-refractivity contribution in [3.8, 4) is 5.69 Å². The SMILES string of the molecule is Cc1nn(-c2ccccc2)c2c1P(=S)(OC1CC(C)CCC1C(C)C)N(C)C(c1ccccc1F)=N2. The topological polar surface area (TPSA) is 42.6 Å². The number of fused-ring (bicyclic) bond motifs is 1. The van der Waals surface area contributed by atoms with Crippen LogP contribution in [0, 0.1) is 30.5 Å². The first kappa shape index (κ1) is 25.3. The van der Waals surface area contributed by atoms with Crippen molar-refractivity contribution < 1.29 is 8.91 Å². The normalized spacial score (nSPS) is 26.1. The lowest BCUT2D eigenvalue weighted by Gasteiger charge is -2.44. The number of rotatable bonds is 5. The Bertz CT molecular complexity index is 1340. The molecule has 1 aromatic heterocycles. The molecule has 1 saturated carbocycles. The minimum atomic E-state index is -2.86. The zero-order valence-corrected chi connectivity index (χ0v) is 23.3. The summed E-state index contributed by atoms with van der Waals surface area (Å²) in [6, 6.07) is 16.6. The maximum Gasteiger partial charge on any atom is 0.192 e. The quantitative estimate of drug-likeness (QED) is 0.346. The fourth-order valence-corrected chi connectivity index (χ4v) is 9.17. The summed E-state index contributed by atoms with van der Waals surface area (Å²) in [5.74, 6) is 2.30. The molecule has 36 heavy (non-hydrogen) atoms. The lowest BCUT2D eigenvalue weighted by atomic mass is 9.75. The third-order valence-electron chi connectivity index (χ3n) is 7.56. The highest BCUT2D eigenvalue weighted by atomic mass is 32.4. The largest absolute Gasteiger partial charge is 0.327 e. The number of nitrogens with zero attached hydrogens (tertiary/aromatic N) is 4. The van der Waals surface area contributed by atoms with Crippen molar-refractivity contribution in [2.24, 2.45) is 22.7 Å². The molecule has 1 fully saturated rings. The molecule has 4 unspecified atom stereocenters. The first-order chi connectivity index (χ1) is 17.2. The summed E-state index contributed by atoms with van der Waals surface area (Å²) in [6.45, 7) is 8.81. The van der Waals surface area contributed by atoms with Crippen LogP contribution in [-0.2, 0) is 16.3 Å². The predicted molar refractivity (Wildman–Crippen MR) is 149 cm³/mol. The van der Waals surface area contributed by atoms with Gasteiger partial charge >= 0.3 is 0 Å². The Labute approximate surface area is 218 Å². The number of aliphatic imine (C=N–C) groups is 1. The third-order valence-corrected chi connectivity index (χ3v) is 11.7. The molecule has 0 spiro atoms. The van der Waals surface area contributed by atoms with E-state index >= 15 is 4.39 Å². The Balaban J connectivity index is 1.70. The fourth-order valence-electron chi connectivity index (χ4n) is 5.55. The van der Waals surface area contributed by atoms with Crippen molar-refractivity contribution >= 4 is 35.2 Å². The van der Waals surface area contributed by atoms with E-state index < -0.39 is 6.42 Å². The van der Waals surface area contributed by atoms with Crippen LogP contribution in [0.25, 0.3) is 5.69 Å². The summed E-state index contributed by atoms with van der Waals surface area (Å²) in [5.41, 5.74) is 2.11. The molecule has 2 aromatic carbocycles. The van der Waals surface area contributed by atoms with Gasteiger partial charge in [-0.05, 0) is 73.6 Å². The van der Waals surface area contributed by atoms with Gasteiger partial charge in [-0.1, -0.05) is 57.5 Å². The highest BCUT2D eigenvalue weighted by Crippen LogP contribution is 2.58. The van der Waals surface area contributed by atoms with Crippen LogP contribution in [0.1, 0.15) is 51.3 Å². The van der Waals surface area contributed by atoms with Crippen molar-refractivity contribution in [1.82, 2.24) is 14.5 Å². The van der Waals surface area contributed by atoms with Crippen molar-refractivity contribution in [3.05, 3.63) is 71.7 Å². The van der Waals surface area contributed by atoms with E-state index in [0.717, 1.165) is 29.5 Å². The van der Waals surface area contributed by atoms with Gasteiger partial charge in [0.05, 0.1) is 28.4 Å². The van der Waals surface area contributed by atoms with E-state index in [2.05, 4.69) is 20.8 Å². The maximum atomic E-state index is 15.1. The molecule has 1 aliphatic carbocycles. The number of aromatic nitrogens is 2. The summed E-state index contributed by atoms with van der Waals surface area (Å²) in [7, 11) is 1.91. The zero-order chi connectivity index (χ0) is 25.6. The minimum absolute atomic E-state index is 0.0364. The molecular formula is C28H34FN4OPS. The molecule has 2 aliphatic rings. The van der Waals surface area contributed by atoms with Crippen LogP contribution in [0.2, 0.25) is 0 Å². The second-order valence-corrected chi connectivity index (χ2v) is 14.2. The van der Waals surface area contributed by atoms with Crippen LogP contribution < -0.4 is 5.30 Å². The number of halogens is 1. The molecule has 0 bridgehead atoms. The minimum Gasteiger partial charge on any atom is -0.327 e. The summed E-state index contributed by atoms with van der Waals surface area (Å²) >= 11 is 6.52. The molecule has 2 heterocycles. The third kappa shape index (κ3) is 4.36. The standard InChI is InChI=1S/C28H34FN4OPS/c1-18(2)22-16-15-19(3)17-25(22)34-35(36)26-20(4)31-33(21-11-7-6-8-12-21)28(26)30-27(32(35)5)23-13-9-10-14-24(23)29/h6-14,18-19,22,25H,15-17H2,1-5H3. The van der Waals surface area contributed by atoms with Crippen molar-refractivity contribution in [2.45, 2.75) is 53.1 Å². The van der Waals surface area contributed by atoms with Gasteiger partial charge in [-0.2, -0.15) is 5.10 Å².